The van der Waals surface area contributed by atoms with Crippen LogP contribution in [0.5, 0.6) is 0 Å². The van der Waals surface area contributed by atoms with Gasteiger partial charge in [0.15, 0.2) is 0 Å². The van der Waals surface area contributed by atoms with Crippen molar-refractivity contribution in [3.05, 3.63) is 33.8 Å². The Morgan fingerprint density at radius 2 is 1.79 bits per heavy atom. The second-order valence-electron chi connectivity index (χ2n) is 4.25. The lowest BCUT2D eigenvalue weighted by Crippen LogP contribution is -2.22. The molecule has 1 N–H and O–H groups in total. The molecule has 1 unspecified atom stereocenters. The minimum Gasteiger partial charge on any atom is -0.310 e. The largest absolute Gasteiger partial charge is 0.389 e. The van der Waals surface area contributed by atoms with E-state index in [1.807, 2.05) is 6.92 Å². The van der Waals surface area contributed by atoms with Crippen molar-refractivity contribution in [1.82, 2.24) is 5.32 Å². The third kappa shape index (κ3) is 5.59. The minimum absolute atomic E-state index is 0.0444. The molecule has 1 nitrogen and oxygen atoms in total. The molecule has 0 saturated carbocycles. The van der Waals surface area contributed by atoms with Crippen LogP contribution in [0.3, 0.4) is 0 Å². The van der Waals surface area contributed by atoms with Crippen molar-refractivity contribution in [3.63, 3.8) is 0 Å². The summed E-state index contributed by atoms with van der Waals surface area (Å²) in [6.07, 6.45) is -4.53. The minimum atomic E-state index is -4.12. The van der Waals surface area contributed by atoms with E-state index in [1.165, 1.54) is 0 Å². The van der Waals surface area contributed by atoms with E-state index in [2.05, 4.69) is 5.32 Å². The van der Waals surface area contributed by atoms with Crippen LogP contribution in [0.15, 0.2) is 18.2 Å². The molecule has 19 heavy (non-hydrogen) atoms. The van der Waals surface area contributed by atoms with Gasteiger partial charge >= 0.3 is 6.18 Å². The molecular weight excluding hydrogens is 298 g/mol. The zero-order chi connectivity index (χ0) is 14.5. The lowest BCUT2D eigenvalue weighted by atomic mass is 10.0. The van der Waals surface area contributed by atoms with Gasteiger partial charge in [-0.25, -0.2) is 0 Å². The van der Waals surface area contributed by atoms with E-state index in [1.54, 1.807) is 18.2 Å². The number of halogens is 5. The first kappa shape index (κ1) is 16.6. The number of nitrogens with one attached hydrogen (secondary N) is 1. The van der Waals surface area contributed by atoms with Crippen LogP contribution in [0.2, 0.25) is 10.0 Å². The SMILES string of the molecule is CCNC(CCCC(F)(F)F)c1c(Cl)cccc1Cl. The van der Waals surface area contributed by atoms with E-state index >= 15 is 0 Å². The van der Waals surface area contributed by atoms with Crippen LogP contribution >= 0.6 is 23.2 Å². The molecular formula is C13H16Cl2F3N. The standard InChI is InChI=1S/C13H16Cl2F3N/c1-2-19-11(7-4-8-13(16,17)18)12-9(14)5-3-6-10(12)15/h3,5-6,11,19H,2,4,7-8H2,1H3. The fourth-order valence-electron chi connectivity index (χ4n) is 1.95. The lowest BCUT2D eigenvalue weighted by molar-refractivity contribution is -0.135. The Morgan fingerprint density at radius 1 is 1.21 bits per heavy atom. The van der Waals surface area contributed by atoms with Crippen molar-refractivity contribution in [2.45, 2.75) is 38.4 Å². The maximum Gasteiger partial charge on any atom is 0.389 e. The summed E-state index contributed by atoms with van der Waals surface area (Å²) in [5, 5.41) is 4.09. The van der Waals surface area contributed by atoms with Gasteiger partial charge in [-0.1, -0.05) is 36.2 Å². The molecule has 0 fully saturated rings. The Morgan fingerprint density at radius 3 is 2.26 bits per heavy atom. The predicted molar refractivity (Wildman–Crippen MR) is 72.8 cm³/mol. The third-order valence-electron chi connectivity index (χ3n) is 2.75. The van der Waals surface area contributed by atoms with Gasteiger partial charge in [-0.2, -0.15) is 13.2 Å². The van der Waals surface area contributed by atoms with Crippen molar-refractivity contribution < 1.29 is 13.2 Å². The highest BCUT2D eigenvalue weighted by Crippen LogP contribution is 2.34. The summed E-state index contributed by atoms with van der Waals surface area (Å²) < 4.78 is 36.5. The molecule has 1 aromatic rings. The second kappa shape index (κ2) is 7.36. The first-order valence-electron chi connectivity index (χ1n) is 6.09. The van der Waals surface area contributed by atoms with E-state index in [4.69, 9.17) is 23.2 Å². The first-order chi connectivity index (χ1) is 8.85. The Bertz CT molecular complexity index is 387. The number of hydrogen-bond acceptors (Lipinski definition) is 1. The van der Waals surface area contributed by atoms with E-state index in [0.29, 0.717) is 28.6 Å². The molecule has 0 spiro atoms. The number of hydrogen-bond donors (Lipinski definition) is 1. The smallest absolute Gasteiger partial charge is 0.310 e. The Labute approximate surface area is 121 Å². The van der Waals surface area contributed by atoms with Gasteiger partial charge in [0.25, 0.3) is 0 Å². The summed E-state index contributed by atoms with van der Waals surface area (Å²) >= 11 is 12.2. The van der Waals surface area contributed by atoms with Crippen LogP contribution < -0.4 is 5.32 Å². The van der Waals surface area contributed by atoms with Gasteiger partial charge in [-0.05, 0) is 31.5 Å². The zero-order valence-electron chi connectivity index (χ0n) is 10.5. The van der Waals surface area contributed by atoms with Gasteiger partial charge in [-0.15, -0.1) is 0 Å². The van der Waals surface area contributed by atoms with Gasteiger partial charge < -0.3 is 5.32 Å². The molecule has 0 aliphatic heterocycles. The van der Waals surface area contributed by atoms with Gasteiger partial charge in [0.05, 0.1) is 0 Å². The maximum absolute atomic E-state index is 12.2. The second-order valence-corrected chi connectivity index (χ2v) is 5.07. The highest BCUT2D eigenvalue weighted by atomic mass is 35.5. The summed E-state index contributed by atoms with van der Waals surface area (Å²) in [4.78, 5) is 0. The fraction of sp³-hybridized carbons (Fsp3) is 0.538. The molecule has 0 aliphatic rings. The summed E-state index contributed by atoms with van der Waals surface area (Å²) in [7, 11) is 0. The molecule has 0 radical (unpaired) electrons. The van der Waals surface area contributed by atoms with Crippen molar-refractivity contribution >= 4 is 23.2 Å². The number of rotatable bonds is 6. The van der Waals surface area contributed by atoms with E-state index in [-0.39, 0.29) is 12.5 Å². The van der Waals surface area contributed by atoms with Crippen molar-refractivity contribution in [2.24, 2.45) is 0 Å². The highest BCUT2D eigenvalue weighted by molar-refractivity contribution is 6.36. The van der Waals surface area contributed by atoms with E-state index in [9.17, 15) is 13.2 Å². The Kier molecular flexibility index (Phi) is 6.43. The molecule has 108 valence electrons. The predicted octanol–water partition coefficient (Wildman–Crippen LogP) is 5.38. The van der Waals surface area contributed by atoms with Crippen molar-refractivity contribution in [3.8, 4) is 0 Å². The van der Waals surface area contributed by atoms with Crippen LogP contribution in [0, 0.1) is 0 Å². The van der Waals surface area contributed by atoms with Gasteiger partial charge in [0, 0.05) is 28.1 Å². The van der Waals surface area contributed by atoms with Crippen LogP contribution in [0.1, 0.15) is 37.8 Å². The number of benzene rings is 1. The van der Waals surface area contributed by atoms with E-state index in [0.717, 1.165) is 0 Å². The molecule has 1 rings (SSSR count). The Hall–Kier alpha value is -0.450. The summed E-state index contributed by atoms with van der Waals surface area (Å²) in [5.74, 6) is 0. The maximum atomic E-state index is 12.2. The van der Waals surface area contributed by atoms with Crippen LogP contribution in [0.4, 0.5) is 13.2 Å². The molecule has 0 amide bonds. The molecule has 0 aromatic heterocycles. The lowest BCUT2D eigenvalue weighted by Gasteiger charge is -2.21. The third-order valence-corrected chi connectivity index (χ3v) is 3.41. The van der Waals surface area contributed by atoms with Crippen molar-refractivity contribution in [1.29, 1.82) is 0 Å². The normalized spacial score (nSPS) is 13.6. The van der Waals surface area contributed by atoms with Gasteiger partial charge in [0.1, 0.15) is 0 Å². The highest BCUT2D eigenvalue weighted by Gasteiger charge is 2.27. The van der Waals surface area contributed by atoms with Crippen LogP contribution in [-0.2, 0) is 0 Å². The topological polar surface area (TPSA) is 12.0 Å². The van der Waals surface area contributed by atoms with Crippen LogP contribution in [-0.4, -0.2) is 12.7 Å². The summed E-state index contributed by atoms with van der Waals surface area (Å²) in [6.45, 7) is 2.53. The molecule has 6 heteroatoms. The number of alkyl halides is 3. The molecule has 0 heterocycles. The first-order valence-corrected chi connectivity index (χ1v) is 6.84. The quantitative estimate of drug-likeness (QED) is 0.743. The van der Waals surface area contributed by atoms with Crippen LogP contribution in [0.25, 0.3) is 0 Å². The fourth-order valence-corrected chi connectivity index (χ4v) is 2.61. The summed E-state index contributed by atoms with van der Waals surface area (Å²) in [5.41, 5.74) is 0.676. The van der Waals surface area contributed by atoms with Gasteiger partial charge in [-0.3, -0.25) is 0 Å². The summed E-state index contributed by atoms with van der Waals surface area (Å²) in [6, 6.07) is 4.84. The molecule has 0 saturated heterocycles. The molecule has 0 aliphatic carbocycles. The van der Waals surface area contributed by atoms with E-state index < -0.39 is 12.6 Å². The van der Waals surface area contributed by atoms with Crippen molar-refractivity contribution in [2.75, 3.05) is 6.54 Å². The zero-order valence-corrected chi connectivity index (χ0v) is 12.0. The Balaban J connectivity index is 2.77. The van der Waals surface area contributed by atoms with Gasteiger partial charge in [0.2, 0.25) is 0 Å². The molecule has 1 aromatic carbocycles. The monoisotopic (exact) mass is 313 g/mol. The average Bonchev–Trinajstić information content (AvgIpc) is 2.27. The molecule has 0 bridgehead atoms. The molecule has 1 atom stereocenters. The average molecular weight is 314 g/mol.